The van der Waals surface area contributed by atoms with Gasteiger partial charge in [-0.05, 0) is 44.6 Å². The van der Waals surface area contributed by atoms with Crippen molar-refractivity contribution in [3.05, 3.63) is 22.2 Å². The summed E-state index contributed by atoms with van der Waals surface area (Å²) >= 11 is 0. The molecule has 1 aliphatic heterocycles. The molecule has 2 heterocycles. The van der Waals surface area contributed by atoms with E-state index in [-0.39, 0.29) is 30.3 Å². The third kappa shape index (κ3) is 4.73. The molecule has 1 aromatic rings. The zero-order chi connectivity index (χ0) is 17.3. The fourth-order valence-electron chi connectivity index (χ4n) is 3.43. The van der Waals surface area contributed by atoms with E-state index in [1.807, 2.05) is 0 Å². The summed E-state index contributed by atoms with van der Waals surface area (Å²) in [6.45, 7) is 6.61. The molecule has 0 radical (unpaired) electrons. The summed E-state index contributed by atoms with van der Waals surface area (Å²) in [4.78, 5) is 30.0. The third-order valence-corrected chi connectivity index (χ3v) is 5.24. The number of hydrogen-bond acceptors (Lipinski definition) is 5. The Morgan fingerprint density at radius 3 is 2.84 bits per heavy atom. The van der Waals surface area contributed by atoms with Crippen molar-refractivity contribution < 1.29 is 9.90 Å². The van der Waals surface area contributed by atoms with Gasteiger partial charge in [0.25, 0.3) is 5.56 Å². The number of carboxylic acids is 1. The van der Waals surface area contributed by atoms with Gasteiger partial charge in [0, 0.05) is 31.0 Å². The number of halogens is 1. The van der Waals surface area contributed by atoms with Crippen LogP contribution in [0, 0.1) is 12.3 Å². The highest BCUT2D eigenvalue weighted by Crippen LogP contribution is 2.46. The number of likely N-dealkylation sites (tertiary alicyclic amines) is 1. The molecular weight excluding hydrogens is 344 g/mol. The Bertz CT molecular complexity index is 687. The van der Waals surface area contributed by atoms with Gasteiger partial charge in [0.15, 0.2) is 5.82 Å². The first-order valence-corrected chi connectivity index (χ1v) is 8.64. The van der Waals surface area contributed by atoms with Crippen LogP contribution >= 0.6 is 12.4 Å². The van der Waals surface area contributed by atoms with Crippen LogP contribution in [-0.2, 0) is 11.3 Å². The molecule has 0 unspecified atom stereocenters. The first kappa shape index (κ1) is 19.7. The Morgan fingerprint density at radius 1 is 1.48 bits per heavy atom. The normalized spacial score (nSPS) is 21.6. The minimum Gasteiger partial charge on any atom is -0.480 e. The van der Waals surface area contributed by atoms with Crippen molar-refractivity contribution in [3.63, 3.8) is 0 Å². The topological polar surface area (TPSA) is 87.5 Å². The van der Waals surface area contributed by atoms with Crippen LogP contribution in [0.25, 0.3) is 0 Å². The molecule has 1 saturated carbocycles. The highest BCUT2D eigenvalue weighted by Gasteiger charge is 2.41. The van der Waals surface area contributed by atoms with E-state index in [0.717, 1.165) is 19.5 Å². The molecule has 8 heteroatoms. The largest absolute Gasteiger partial charge is 0.480 e. The number of carboxylic acid groups (broad SMARTS) is 1. The quantitative estimate of drug-likeness (QED) is 0.760. The van der Waals surface area contributed by atoms with Gasteiger partial charge in [-0.2, -0.15) is 0 Å². The van der Waals surface area contributed by atoms with Crippen LogP contribution in [0.1, 0.15) is 38.3 Å². The summed E-state index contributed by atoms with van der Waals surface area (Å²) in [7, 11) is 0. The van der Waals surface area contributed by atoms with E-state index in [4.69, 9.17) is 5.11 Å². The molecule has 2 fully saturated rings. The first-order valence-electron chi connectivity index (χ1n) is 8.64. The Hall–Kier alpha value is -1.60. The van der Waals surface area contributed by atoms with Gasteiger partial charge in [-0.25, -0.2) is 4.98 Å². The van der Waals surface area contributed by atoms with E-state index < -0.39 is 5.97 Å². The Kier molecular flexibility index (Phi) is 6.11. The molecule has 140 valence electrons. The summed E-state index contributed by atoms with van der Waals surface area (Å²) in [6.07, 6.45) is 6.47. The predicted molar refractivity (Wildman–Crippen MR) is 98.5 cm³/mol. The molecular formula is C17H27ClN4O3. The van der Waals surface area contributed by atoms with Crippen LogP contribution in [0.3, 0.4) is 0 Å². The number of nitrogens with one attached hydrogen (secondary N) is 1. The van der Waals surface area contributed by atoms with Crippen LogP contribution in [0.4, 0.5) is 5.82 Å². The van der Waals surface area contributed by atoms with E-state index in [2.05, 4.69) is 22.1 Å². The summed E-state index contributed by atoms with van der Waals surface area (Å²) in [5.74, 6) is -0.789. The van der Waals surface area contributed by atoms with Crippen molar-refractivity contribution in [1.29, 1.82) is 0 Å². The van der Waals surface area contributed by atoms with Gasteiger partial charge in [0.05, 0.1) is 0 Å². The van der Waals surface area contributed by atoms with Gasteiger partial charge >= 0.3 is 5.97 Å². The molecule has 1 atom stereocenters. The van der Waals surface area contributed by atoms with Crippen molar-refractivity contribution in [2.45, 2.75) is 52.1 Å². The molecule has 1 aromatic heterocycles. The van der Waals surface area contributed by atoms with E-state index in [1.165, 1.54) is 23.8 Å². The summed E-state index contributed by atoms with van der Waals surface area (Å²) in [6, 6.07) is 0.415. The van der Waals surface area contributed by atoms with Crippen LogP contribution in [0.5, 0.6) is 0 Å². The standard InChI is InChI=1S/C17H26N4O3.ClH/c1-12-8-18-15(16(24)21(12)10-14(22)23)19-9-13-4-3-7-20(13)11-17(2)5-6-17;/h8,13H,3-7,9-11H2,1-2H3,(H,18,19)(H,22,23);1H/t13-;/m1./s1. The minimum atomic E-state index is -1.03. The molecule has 1 aliphatic carbocycles. The van der Waals surface area contributed by atoms with Crippen molar-refractivity contribution in [2.75, 3.05) is 25.0 Å². The summed E-state index contributed by atoms with van der Waals surface area (Å²) in [5, 5.41) is 12.1. The summed E-state index contributed by atoms with van der Waals surface area (Å²) in [5.41, 5.74) is 0.673. The van der Waals surface area contributed by atoms with Crippen molar-refractivity contribution >= 4 is 24.2 Å². The van der Waals surface area contributed by atoms with Crippen molar-refractivity contribution in [1.82, 2.24) is 14.5 Å². The lowest BCUT2D eigenvalue weighted by Gasteiger charge is -2.27. The maximum atomic E-state index is 12.4. The molecule has 3 rings (SSSR count). The first-order chi connectivity index (χ1) is 11.4. The van der Waals surface area contributed by atoms with Crippen LogP contribution < -0.4 is 10.9 Å². The van der Waals surface area contributed by atoms with E-state index in [0.29, 0.717) is 23.7 Å². The fraction of sp³-hybridized carbons (Fsp3) is 0.706. The molecule has 0 spiro atoms. The Balaban J connectivity index is 0.00000225. The van der Waals surface area contributed by atoms with E-state index >= 15 is 0 Å². The maximum Gasteiger partial charge on any atom is 0.323 e. The van der Waals surface area contributed by atoms with Gasteiger partial charge in [-0.15, -0.1) is 12.4 Å². The van der Waals surface area contributed by atoms with Crippen LogP contribution in [-0.4, -0.2) is 51.2 Å². The summed E-state index contributed by atoms with van der Waals surface area (Å²) < 4.78 is 1.25. The number of carbonyl (C=O) groups is 1. The second kappa shape index (κ2) is 7.74. The lowest BCUT2D eigenvalue weighted by molar-refractivity contribution is -0.137. The predicted octanol–water partition coefficient (Wildman–Crippen LogP) is 1.73. The van der Waals surface area contributed by atoms with E-state index in [1.54, 1.807) is 13.1 Å². The monoisotopic (exact) mass is 370 g/mol. The number of aliphatic carboxylic acids is 1. The van der Waals surface area contributed by atoms with Crippen molar-refractivity contribution in [3.8, 4) is 0 Å². The molecule has 0 bridgehead atoms. The molecule has 2 aliphatic rings. The van der Waals surface area contributed by atoms with Gasteiger partial charge < -0.3 is 10.4 Å². The Labute approximate surface area is 153 Å². The molecule has 25 heavy (non-hydrogen) atoms. The number of anilines is 1. The van der Waals surface area contributed by atoms with Gasteiger partial charge in [0.1, 0.15) is 6.54 Å². The lowest BCUT2D eigenvalue weighted by atomic mass is 10.1. The van der Waals surface area contributed by atoms with Crippen LogP contribution in [0.15, 0.2) is 11.0 Å². The van der Waals surface area contributed by atoms with Crippen LogP contribution in [0.2, 0.25) is 0 Å². The van der Waals surface area contributed by atoms with Gasteiger partial charge in [0.2, 0.25) is 0 Å². The molecule has 0 amide bonds. The highest BCUT2D eigenvalue weighted by atomic mass is 35.5. The number of aromatic nitrogens is 2. The van der Waals surface area contributed by atoms with Gasteiger partial charge in [-0.3, -0.25) is 19.1 Å². The van der Waals surface area contributed by atoms with Crippen molar-refractivity contribution in [2.24, 2.45) is 5.41 Å². The molecule has 2 N–H and O–H groups in total. The molecule has 1 saturated heterocycles. The van der Waals surface area contributed by atoms with Gasteiger partial charge in [-0.1, -0.05) is 6.92 Å². The lowest BCUT2D eigenvalue weighted by Crippen LogP contribution is -2.39. The smallest absolute Gasteiger partial charge is 0.323 e. The average Bonchev–Trinajstić information content (AvgIpc) is 3.08. The number of aryl methyl sites for hydroxylation is 1. The minimum absolute atomic E-state index is 0. The maximum absolute atomic E-state index is 12.4. The zero-order valence-corrected chi connectivity index (χ0v) is 15.6. The molecule has 0 aromatic carbocycles. The van der Waals surface area contributed by atoms with E-state index in [9.17, 15) is 9.59 Å². The zero-order valence-electron chi connectivity index (χ0n) is 14.8. The second-order valence-electron chi connectivity index (χ2n) is 7.49. The Morgan fingerprint density at radius 2 is 2.20 bits per heavy atom. The second-order valence-corrected chi connectivity index (χ2v) is 7.49. The fourth-order valence-corrected chi connectivity index (χ4v) is 3.43. The third-order valence-electron chi connectivity index (χ3n) is 5.24. The average molecular weight is 371 g/mol. The number of nitrogens with zero attached hydrogens (tertiary/aromatic N) is 3. The SMILES string of the molecule is Cc1cnc(NC[C@H]2CCCN2CC2(C)CC2)c(=O)n1CC(=O)O.Cl. The highest BCUT2D eigenvalue weighted by molar-refractivity contribution is 5.85. The number of hydrogen-bond donors (Lipinski definition) is 2. The molecule has 7 nitrogen and oxygen atoms in total. The number of rotatable bonds is 7.